The lowest BCUT2D eigenvalue weighted by atomic mass is 10.3. The summed E-state index contributed by atoms with van der Waals surface area (Å²) in [5, 5.41) is 0. The van der Waals surface area contributed by atoms with Crippen LogP contribution in [0.5, 0.6) is 5.75 Å². The molecule has 6 heteroatoms. The van der Waals surface area contributed by atoms with Crippen molar-refractivity contribution in [2.24, 2.45) is 0 Å². The number of hydrogen-bond donors (Lipinski definition) is 1. The number of hydrogen-bond acceptors (Lipinski definition) is 4. The second-order valence-corrected chi connectivity index (χ2v) is 5.89. The van der Waals surface area contributed by atoms with E-state index in [2.05, 4.69) is 20.9 Å². The van der Waals surface area contributed by atoms with Crippen LogP contribution in [-0.4, -0.2) is 17.3 Å². The predicted octanol–water partition coefficient (Wildman–Crippen LogP) is 4.41. The molecule has 0 unspecified atom stereocenters. The van der Waals surface area contributed by atoms with Crippen molar-refractivity contribution in [2.75, 3.05) is 12.4 Å². The summed E-state index contributed by atoms with van der Waals surface area (Å²) < 4.78 is 11.9. The van der Waals surface area contributed by atoms with Crippen molar-refractivity contribution in [1.29, 1.82) is 0 Å². The van der Waals surface area contributed by atoms with Gasteiger partial charge in [-0.1, -0.05) is 22.0 Å². The predicted molar refractivity (Wildman–Crippen MR) is 79.7 cm³/mol. The number of halogens is 1. The second-order valence-electron chi connectivity index (χ2n) is 3.50. The summed E-state index contributed by atoms with van der Waals surface area (Å²) >= 11 is 10.0. The van der Waals surface area contributed by atoms with Gasteiger partial charge in [-0.3, -0.25) is 0 Å². The summed E-state index contributed by atoms with van der Waals surface area (Å²) in [5.41, 5.74) is 0. The molecule has 0 saturated heterocycles. The fraction of sp³-hybridized carbons (Fsp3) is 0.250. The van der Waals surface area contributed by atoms with Gasteiger partial charge in [0.25, 0.3) is 4.84 Å². The molecule has 0 aliphatic rings. The van der Waals surface area contributed by atoms with Gasteiger partial charge in [0, 0.05) is 16.4 Å². The summed E-state index contributed by atoms with van der Waals surface area (Å²) in [6, 6.07) is 7.83. The van der Waals surface area contributed by atoms with Crippen LogP contribution >= 0.6 is 39.9 Å². The van der Waals surface area contributed by atoms with Gasteiger partial charge in [-0.2, -0.15) is 11.8 Å². The molecule has 0 spiro atoms. The third-order valence-corrected chi connectivity index (χ3v) is 3.75. The van der Waals surface area contributed by atoms with Crippen LogP contribution in [0.3, 0.4) is 0 Å². The molecule has 0 radical (unpaired) electrons. The zero-order valence-corrected chi connectivity index (χ0v) is 12.7. The first-order valence-electron chi connectivity index (χ1n) is 5.37. The molecule has 0 aliphatic heterocycles. The van der Waals surface area contributed by atoms with E-state index in [1.165, 1.54) is 0 Å². The molecule has 2 aromatic rings. The van der Waals surface area contributed by atoms with Crippen molar-refractivity contribution in [3.05, 3.63) is 45.5 Å². The van der Waals surface area contributed by atoms with Crippen molar-refractivity contribution < 1.29 is 9.15 Å². The van der Waals surface area contributed by atoms with Crippen LogP contribution in [0, 0.1) is 4.84 Å². The third kappa shape index (κ3) is 4.51. The van der Waals surface area contributed by atoms with Crippen LogP contribution in [0.15, 0.2) is 39.4 Å². The van der Waals surface area contributed by atoms with Gasteiger partial charge in [-0.05, 0) is 30.4 Å². The number of oxazole rings is 1. The van der Waals surface area contributed by atoms with E-state index in [4.69, 9.17) is 21.4 Å². The number of nitrogens with one attached hydrogen (secondary N) is 1. The maximum atomic E-state index is 5.62. The SMILES string of the molecule is S=c1[nH]cc(CSCCOc2cccc(Br)c2)o1. The number of ether oxygens (including phenoxy) is 1. The monoisotopic (exact) mass is 345 g/mol. The largest absolute Gasteiger partial charge is 0.493 e. The smallest absolute Gasteiger partial charge is 0.266 e. The minimum Gasteiger partial charge on any atom is -0.493 e. The molecule has 0 amide bonds. The fourth-order valence-electron chi connectivity index (χ4n) is 1.34. The number of benzene rings is 1. The molecule has 2 rings (SSSR count). The first-order valence-corrected chi connectivity index (χ1v) is 7.73. The van der Waals surface area contributed by atoms with E-state index in [-0.39, 0.29) is 0 Å². The lowest BCUT2D eigenvalue weighted by Crippen LogP contribution is -2.00. The minimum absolute atomic E-state index is 0.427. The van der Waals surface area contributed by atoms with Gasteiger partial charge in [-0.25, -0.2) is 0 Å². The van der Waals surface area contributed by atoms with Crippen LogP contribution < -0.4 is 4.74 Å². The molecular weight excluding hydrogens is 334 g/mol. The van der Waals surface area contributed by atoms with Gasteiger partial charge in [0.2, 0.25) is 0 Å². The molecule has 0 bridgehead atoms. The maximum Gasteiger partial charge on any atom is 0.266 e. The highest BCUT2D eigenvalue weighted by atomic mass is 79.9. The Labute approximate surface area is 123 Å². The molecule has 0 saturated carbocycles. The molecule has 1 N–H and O–H groups in total. The quantitative estimate of drug-likeness (QED) is 0.621. The van der Waals surface area contributed by atoms with Crippen molar-refractivity contribution in [1.82, 2.24) is 4.98 Å². The molecule has 1 aromatic heterocycles. The van der Waals surface area contributed by atoms with E-state index >= 15 is 0 Å². The molecule has 1 aromatic carbocycles. The van der Waals surface area contributed by atoms with Crippen molar-refractivity contribution in [2.45, 2.75) is 5.75 Å². The fourth-order valence-corrected chi connectivity index (χ4v) is 2.57. The van der Waals surface area contributed by atoms with E-state index < -0.39 is 0 Å². The Kier molecular flexibility index (Phi) is 5.34. The lowest BCUT2D eigenvalue weighted by molar-refractivity contribution is 0.343. The topological polar surface area (TPSA) is 38.2 Å². The van der Waals surface area contributed by atoms with Crippen LogP contribution in [-0.2, 0) is 5.75 Å². The highest BCUT2D eigenvalue weighted by Crippen LogP contribution is 2.18. The Bertz CT molecular complexity index is 553. The standard InChI is InChI=1S/C12H12BrNO2S2/c13-9-2-1-3-10(6-9)15-4-5-18-8-11-7-14-12(17)16-11/h1-3,6-7H,4-5,8H2,(H,14,17). The van der Waals surface area contributed by atoms with E-state index in [1.807, 2.05) is 24.3 Å². The Hall–Kier alpha value is -0.720. The lowest BCUT2D eigenvalue weighted by Gasteiger charge is -2.05. The molecule has 1 heterocycles. The average Bonchev–Trinajstić information content (AvgIpc) is 2.75. The molecule has 0 fully saturated rings. The normalized spacial score (nSPS) is 10.5. The first kappa shape index (κ1) is 13.7. The third-order valence-electron chi connectivity index (χ3n) is 2.11. The number of rotatable bonds is 6. The van der Waals surface area contributed by atoms with Gasteiger partial charge in [0.15, 0.2) is 0 Å². The number of H-pyrrole nitrogens is 1. The maximum absolute atomic E-state index is 5.62. The Morgan fingerprint density at radius 3 is 3.06 bits per heavy atom. The summed E-state index contributed by atoms with van der Waals surface area (Å²) in [6.45, 7) is 0.673. The highest BCUT2D eigenvalue weighted by Gasteiger charge is 1.99. The number of aromatic nitrogens is 1. The molecule has 0 aliphatic carbocycles. The second kappa shape index (κ2) is 7.01. The van der Waals surface area contributed by atoms with E-state index in [0.29, 0.717) is 11.4 Å². The molecule has 96 valence electrons. The van der Waals surface area contributed by atoms with Crippen LogP contribution in [0.1, 0.15) is 5.76 Å². The Morgan fingerprint density at radius 1 is 1.44 bits per heavy atom. The number of thioether (sulfide) groups is 1. The zero-order valence-electron chi connectivity index (χ0n) is 9.52. The summed E-state index contributed by atoms with van der Waals surface area (Å²) in [7, 11) is 0. The summed E-state index contributed by atoms with van der Waals surface area (Å²) in [4.78, 5) is 3.27. The van der Waals surface area contributed by atoms with Crippen molar-refractivity contribution in [3.63, 3.8) is 0 Å². The average molecular weight is 346 g/mol. The van der Waals surface area contributed by atoms with Crippen molar-refractivity contribution >= 4 is 39.9 Å². The van der Waals surface area contributed by atoms with Crippen LogP contribution in [0.25, 0.3) is 0 Å². The number of aromatic amines is 1. The molecule has 18 heavy (non-hydrogen) atoms. The molecule has 3 nitrogen and oxygen atoms in total. The Balaban J connectivity index is 1.66. The van der Waals surface area contributed by atoms with Gasteiger partial charge >= 0.3 is 0 Å². The highest BCUT2D eigenvalue weighted by molar-refractivity contribution is 9.10. The van der Waals surface area contributed by atoms with E-state index in [1.54, 1.807) is 18.0 Å². The van der Waals surface area contributed by atoms with Crippen LogP contribution in [0.2, 0.25) is 0 Å². The minimum atomic E-state index is 0.427. The summed E-state index contributed by atoms with van der Waals surface area (Å²) in [6.07, 6.45) is 1.80. The van der Waals surface area contributed by atoms with Gasteiger partial charge in [-0.15, -0.1) is 0 Å². The first-order chi connectivity index (χ1) is 8.74. The van der Waals surface area contributed by atoms with Gasteiger partial charge < -0.3 is 14.1 Å². The van der Waals surface area contributed by atoms with Gasteiger partial charge in [0.05, 0.1) is 12.4 Å². The van der Waals surface area contributed by atoms with E-state index in [9.17, 15) is 0 Å². The Morgan fingerprint density at radius 2 is 2.33 bits per heavy atom. The van der Waals surface area contributed by atoms with Crippen molar-refractivity contribution in [3.8, 4) is 5.75 Å². The van der Waals surface area contributed by atoms with Crippen LogP contribution in [0.4, 0.5) is 0 Å². The van der Waals surface area contributed by atoms with Gasteiger partial charge in [0.1, 0.15) is 11.5 Å². The van der Waals surface area contributed by atoms with E-state index in [0.717, 1.165) is 27.5 Å². The molecular formula is C12H12BrNO2S2. The zero-order chi connectivity index (χ0) is 12.8. The summed E-state index contributed by atoms with van der Waals surface area (Å²) in [5.74, 6) is 3.45. The molecule has 0 atom stereocenters.